The Morgan fingerprint density at radius 2 is 0.690 bits per heavy atom. The van der Waals surface area contributed by atoms with Gasteiger partial charge in [0.05, 0.1) is 0 Å². The zero-order chi connectivity index (χ0) is 38.2. The predicted octanol–water partition coefficient (Wildman–Crippen LogP) is 17.1. The summed E-state index contributed by atoms with van der Waals surface area (Å²) < 4.78 is 5.32. The fraction of sp³-hybridized carbons (Fsp3) is 0. The van der Waals surface area contributed by atoms with E-state index in [1.165, 1.54) is 118 Å². The van der Waals surface area contributed by atoms with Gasteiger partial charge in [0.2, 0.25) is 0 Å². The maximum absolute atomic E-state index is 2.40. The lowest BCUT2D eigenvalue weighted by molar-refractivity contribution is 1.57. The third-order valence-electron chi connectivity index (χ3n) is 11.9. The van der Waals surface area contributed by atoms with Crippen LogP contribution in [0.2, 0.25) is 0 Å². The van der Waals surface area contributed by atoms with Gasteiger partial charge in [0.25, 0.3) is 0 Å². The second-order valence-corrected chi connectivity index (χ2v) is 17.3. The van der Waals surface area contributed by atoms with E-state index in [0.29, 0.717) is 0 Å². The van der Waals surface area contributed by atoms with E-state index in [1.807, 2.05) is 22.7 Å². The van der Waals surface area contributed by atoms with Gasteiger partial charge in [-0.3, -0.25) is 0 Å². The lowest BCUT2D eigenvalue weighted by atomic mass is 9.89. The second-order valence-electron chi connectivity index (χ2n) is 15.2. The number of hydrogen-bond acceptors (Lipinski definition) is 2. The molecule has 0 unspecified atom stereocenters. The van der Waals surface area contributed by atoms with Crippen LogP contribution in [0, 0.1) is 0 Å². The van der Waals surface area contributed by atoms with Crippen molar-refractivity contribution in [3.05, 3.63) is 206 Å². The molecule has 0 bridgehead atoms. The lowest BCUT2D eigenvalue weighted by Gasteiger charge is -2.15. The first kappa shape index (κ1) is 33.3. The van der Waals surface area contributed by atoms with Crippen molar-refractivity contribution in [1.29, 1.82) is 0 Å². The highest BCUT2D eigenvalue weighted by atomic mass is 32.1. The van der Waals surface area contributed by atoms with Crippen LogP contribution in [0.5, 0.6) is 0 Å². The number of fused-ring (bicyclic) bond motifs is 9. The molecule has 0 aliphatic heterocycles. The molecular weight excluding hydrogens is 737 g/mol. The molecule has 270 valence electrons. The molecule has 0 amide bonds. The summed E-state index contributed by atoms with van der Waals surface area (Å²) in [4.78, 5) is 0. The fourth-order valence-corrected chi connectivity index (χ4v) is 11.5. The molecule has 58 heavy (non-hydrogen) atoms. The van der Waals surface area contributed by atoms with E-state index >= 15 is 0 Å². The maximum Gasteiger partial charge on any atom is 0.0433 e. The van der Waals surface area contributed by atoms with E-state index < -0.39 is 0 Å². The van der Waals surface area contributed by atoms with Gasteiger partial charge in [-0.1, -0.05) is 164 Å². The summed E-state index contributed by atoms with van der Waals surface area (Å²) >= 11 is 3.78. The van der Waals surface area contributed by atoms with Crippen LogP contribution in [0.4, 0.5) is 0 Å². The van der Waals surface area contributed by atoms with Gasteiger partial charge < -0.3 is 0 Å². The molecule has 12 rings (SSSR count). The van der Waals surface area contributed by atoms with Gasteiger partial charge in [0, 0.05) is 40.3 Å². The Hall–Kier alpha value is -6.84. The summed E-state index contributed by atoms with van der Waals surface area (Å²) in [5.74, 6) is 0. The molecule has 2 heteroatoms. The first-order chi connectivity index (χ1) is 28.7. The average Bonchev–Trinajstić information content (AvgIpc) is 3.88. The van der Waals surface area contributed by atoms with E-state index in [1.54, 1.807) is 0 Å². The summed E-state index contributed by atoms with van der Waals surface area (Å²) in [6.07, 6.45) is 0. The predicted molar refractivity (Wildman–Crippen MR) is 254 cm³/mol. The summed E-state index contributed by atoms with van der Waals surface area (Å²) in [5, 5.41) is 10.4. The van der Waals surface area contributed by atoms with Crippen molar-refractivity contribution in [2.24, 2.45) is 0 Å². The first-order valence-corrected chi connectivity index (χ1v) is 21.4. The highest BCUT2D eigenvalue weighted by molar-refractivity contribution is 7.26. The molecule has 0 spiro atoms. The molecule has 0 N–H and O–H groups in total. The number of benzene rings is 10. The highest BCUT2D eigenvalue weighted by Gasteiger charge is 2.16. The molecule has 12 aromatic rings. The van der Waals surface area contributed by atoms with Gasteiger partial charge in [0.1, 0.15) is 0 Å². The second kappa shape index (κ2) is 13.4. The van der Waals surface area contributed by atoms with Crippen LogP contribution < -0.4 is 0 Å². The minimum atomic E-state index is 1.20. The van der Waals surface area contributed by atoms with Crippen LogP contribution in [0.25, 0.3) is 118 Å². The van der Waals surface area contributed by atoms with Crippen molar-refractivity contribution in [2.45, 2.75) is 0 Å². The van der Waals surface area contributed by atoms with Gasteiger partial charge in [0.15, 0.2) is 0 Å². The van der Waals surface area contributed by atoms with Crippen LogP contribution in [-0.2, 0) is 0 Å². The quantitative estimate of drug-likeness (QED) is 0.153. The fourth-order valence-electron chi connectivity index (χ4n) is 9.07. The molecule has 0 saturated carbocycles. The largest absolute Gasteiger partial charge is 0.135 e. The Balaban J connectivity index is 1.03. The molecule has 0 saturated heterocycles. The van der Waals surface area contributed by atoms with Gasteiger partial charge in [-0.25, -0.2) is 0 Å². The molecule has 10 aromatic carbocycles. The Morgan fingerprint density at radius 1 is 0.224 bits per heavy atom. The molecule has 0 atom stereocenters. The third kappa shape index (κ3) is 5.41. The standard InChI is InChI=1S/C56H34S2/c1-2-15-43-39(12-1)34-52(47-17-4-3-16-46(43)47)38-14-9-13-37(30-38)41-31-40(32-42(33-41)45-21-11-23-51-49-19-6-8-25-54(49)58-56(45)51)35-26-28-36(29-27-35)44-20-10-22-50-48-18-5-7-24-53(48)57-55(44)50/h1-34H. The lowest BCUT2D eigenvalue weighted by Crippen LogP contribution is -1.89. The monoisotopic (exact) mass is 770 g/mol. The van der Waals surface area contributed by atoms with Crippen molar-refractivity contribution < 1.29 is 0 Å². The Morgan fingerprint density at radius 3 is 1.38 bits per heavy atom. The topological polar surface area (TPSA) is 0 Å². The molecule has 2 heterocycles. The minimum absolute atomic E-state index is 1.20. The maximum atomic E-state index is 2.40. The molecule has 0 aliphatic carbocycles. The summed E-state index contributed by atoms with van der Waals surface area (Å²) in [7, 11) is 0. The Labute approximate surface area is 344 Å². The summed E-state index contributed by atoms with van der Waals surface area (Å²) in [6.45, 7) is 0. The molecule has 0 fully saturated rings. The van der Waals surface area contributed by atoms with Gasteiger partial charge in [-0.2, -0.15) is 0 Å². The highest BCUT2D eigenvalue weighted by Crippen LogP contribution is 2.44. The van der Waals surface area contributed by atoms with E-state index in [-0.39, 0.29) is 0 Å². The van der Waals surface area contributed by atoms with Crippen LogP contribution in [-0.4, -0.2) is 0 Å². The normalized spacial score (nSPS) is 11.8. The molecular formula is C56H34S2. The van der Waals surface area contributed by atoms with Crippen LogP contribution >= 0.6 is 22.7 Å². The average molecular weight is 771 g/mol. The van der Waals surface area contributed by atoms with Crippen LogP contribution in [0.1, 0.15) is 0 Å². The van der Waals surface area contributed by atoms with E-state index in [4.69, 9.17) is 0 Å². The SMILES string of the molecule is c1cc(-c2cc(-c3ccc(-c4cccc5c4sc4ccccc45)cc3)cc(-c3cccc4c3sc3ccccc34)c2)cc(-c2cc3ccccc3c3ccccc23)c1. The van der Waals surface area contributed by atoms with Crippen molar-refractivity contribution in [3.8, 4) is 55.6 Å². The minimum Gasteiger partial charge on any atom is -0.135 e. The van der Waals surface area contributed by atoms with Crippen molar-refractivity contribution >= 4 is 84.6 Å². The molecule has 0 radical (unpaired) electrons. The molecule has 0 aliphatic rings. The van der Waals surface area contributed by atoms with E-state index in [0.717, 1.165) is 0 Å². The number of thiophene rings is 2. The number of hydrogen-bond donors (Lipinski definition) is 0. The molecule has 2 aromatic heterocycles. The van der Waals surface area contributed by atoms with Crippen LogP contribution in [0.15, 0.2) is 206 Å². The summed E-state index contributed by atoms with van der Waals surface area (Å²) in [5.41, 5.74) is 12.3. The smallest absolute Gasteiger partial charge is 0.0433 e. The number of rotatable bonds is 5. The van der Waals surface area contributed by atoms with Gasteiger partial charge >= 0.3 is 0 Å². The van der Waals surface area contributed by atoms with Crippen molar-refractivity contribution in [3.63, 3.8) is 0 Å². The zero-order valence-electron chi connectivity index (χ0n) is 31.4. The van der Waals surface area contributed by atoms with Crippen LogP contribution in [0.3, 0.4) is 0 Å². The molecule has 0 nitrogen and oxygen atoms in total. The van der Waals surface area contributed by atoms with Crippen molar-refractivity contribution in [1.82, 2.24) is 0 Å². The first-order valence-electron chi connectivity index (χ1n) is 19.8. The van der Waals surface area contributed by atoms with Crippen molar-refractivity contribution in [2.75, 3.05) is 0 Å². The van der Waals surface area contributed by atoms with E-state index in [2.05, 4.69) is 206 Å². The van der Waals surface area contributed by atoms with E-state index in [9.17, 15) is 0 Å². The van der Waals surface area contributed by atoms with Gasteiger partial charge in [-0.05, 0) is 120 Å². The van der Waals surface area contributed by atoms with Gasteiger partial charge in [-0.15, -0.1) is 22.7 Å². The Kier molecular flexibility index (Phi) is 7.69. The third-order valence-corrected chi connectivity index (χ3v) is 14.3. The summed E-state index contributed by atoms with van der Waals surface area (Å²) in [6, 6.07) is 76.5. The Bertz CT molecular complexity index is 3560. The zero-order valence-corrected chi connectivity index (χ0v) is 33.1.